The van der Waals surface area contributed by atoms with E-state index in [2.05, 4.69) is 31.1 Å². The number of nitriles is 1. The molecule has 0 bridgehead atoms. The number of hydrogen-bond donors (Lipinski definition) is 0. The summed E-state index contributed by atoms with van der Waals surface area (Å²) in [5, 5.41) is 22.9. The molecule has 3 aromatic heterocycles. The van der Waals surface area contributed by atoms with E-state index in [0.29, 0.717) is 11.5 Å². The summed E-state index contributed by atoms with van der Waals surface area (Å²) >= 11 is 0. The molecule has 0 amide bonds. The van der Waals surface area contributed by atoms with Crippen molar-refractivity contribution in [2.75, 3.05) is 36.0 Å². The van der Waals surface area contributed by atoms with Crippen molar-refractivity contribution >= 4 is 17.3 Å². The molecule has 0 spiro atoms. The van der Waals surface area contributed by atoms with Gasteiger partial charge in [-0.2, -0.15) is 9.78 Å². The molecule has 142 valence electrons. The summed E-state index contributed by atoms with van der Waals surface area (Å²) in [4.78, 5) is 8.95. The molecule has 1 aliphatic heterocycles. The zero-order valence-electron chi connectivity index (χ0n) is 15.7. The molecular weight excluding hydrogens is 352 g/mol. The molecule has 0 atom stereocenters. The van der Waals surface area contributed by atoms with Crippen molar-refractivity contribution in [2.24, 2.45) is 0 Å². The summed E-state index contributed by atoms with van der Waals surface area (Å²) in [6, 6.07) is 9.93. The summed E-state index contributed by atoms with van der Waals surface area (Å²) in [5.41, 5.74) is 1.44. The van der Waals surface area contributed by atoms with E-state index in [0.717, 1.165) is 55.7 Å². The van der Waals surface area contributed by atoms with Crippen LogP contribution in [0.25, 0.3) is 5.65 Å². The molecule has 8 heteroatoms. The fourth-order valence-corrected chi connectivity index (χ4v) is 3.98. The van der Waals surface area contributed by atoms with Gasteiger partial charge in [0.05, 0.1) is 5.56 Å². The molecule has 8 nitrogen and oxygen atoms in total. The second-order valence-corrected chi connectivity index (χ2v) is 7.46. The van der Waals surface area contributed by atoms with Crippen LogP contribution in [-0.2, 0) is 0 Å². The molecule has 2 aliphatic rings. The fourth-order valence-electron chi connectivity index (χ4n) is 3.98. The molecule has 5 rings (SSSR count). The zero-order valence-corrected chi connectivity index (χ0v) is 15.7. The molecule has 2 fully saturated rings. The highest BCUT2D eigenvalue weighted by Gasteiger charge is 2.26. The van der Waals surface area contributed by atoms with Gasteiger partial charge in [0, 0.05) is 38.3 Å². The first-order valence-electron chi connectivity index (χ1n) is 9.91. The quantitative estimate of drug-likeness (QED) is 0.695. The summed E-state index contributed by atoms with van der Waals surface area (Å²) < 4.78 is 1.92. The highest BCUT2D eigenvalue weighted by molar-refractivity contribution is 5.54. The highest BCUT2D eigenvalue weighted by atomic mass is 15.4. The molecule has 1 aliphatic carbocycles. The molecule has 0 radical (unpaired) electrons. The van der Waals surface area contributed by atoms with E-state index in [1.807, 2.05) is 28.8 Å². The first-order chi connectivity index (χ1) is 13.8. The van der Waals surface area contributed by atoms with E-state index in [9.17, 15) is 5.26 Å². The monoisotopic (exact) mass is 374 g/mol. The summed E-state index contributed by atoms with van der Waals surface area (Å²) in [6.45, 7) is 3.44. The molecular formula is C20H22N8. The standard InChI is InChI=1S/C20H22N8/c21-14-16-6-2-9-22-19(16)27-11-3-10-26(12-13-27)18-8-7-17-23-24-20(28(17)25-18)15-4-1-5-15/h2,6-9,15H,1,3-5,10-13H2. The van der Waals surface area contributed by atoms with Gasteiger partial charge in [-0.25, -0.2) is 4.98 Å². The summed E-state index contributed by atoms with van der Waals surface area (Å²) in [7, 11) is 0. The highest BCUT2D eigenvalue weighted by Crippen LogP contribution is 2.35. The Labute approximate surface area is 163 Å². The third kappa shape index (κ3) is 2.93. The van der Waals surface area contributed by atoms with Crippen LogP contribution in [0.5, 0.6) is 0 Å². The van der Waals surface area contributed by atoms with Crippen molar-refractivity contribution in [3.05, 3.63) is 41.9 Å². The molecule has 0 aromatic carbocycles. The lowest BCUT2D eigenvalue weighted by atomic mass is 9.85. The maximum absolute atomic E-state index is 9.37. The average molecular weight is 374 g/mol. The van der Waals surface area contributed by atoms with E-state index >= 15 is 0 Å². The van der Waals surface area contributed by atoms with Crippen molar-refractivity contribution < 1.29 is 0 Å². The number of nitrogens with zero attached hydrogens (tertiary/aromatic N) is 8. The smallest absolute Gasteiger partial charge is 0.178 e. The lowest BCUT2D eigenvalue weighted by Gasteiger charge is -2.25. The van der Waals surface area contributed by atoms with Crippen LogP contribution in [0.2, 0.25) is 0 Å². The molecule has 4 heterocycles. The predicted molar refractivity (Wildman–Crippen MR) is 105 cm³/mol. The van der Waals surface area contributed by atoms with Crippen LogP contribution in [0.15, 0.2) is 30.5 Å². The average Bonchev–Trinajstić information content (AvgIpc) is 2.94. The van der Waals surface area contributed by atoms with Crippen molar-refractivity contribution in [3.63, 3.8) is 0 Å². The number of rotatable bonds is 3. The Morgan fingerprint density at radius 2 is 1.82 bits per heavy atom. The lowest BCUT2D eigenvalue weighted by Crippen LogP contribution is -2.32. The van der Waals surface area contributed by atoms with Crippen molar-refractivity contribution in [1.82, 2.24) is 24.8 Å². The Bertz CT molecular complexity index is 1030. The topological polar surface area (TPSA) is 86.2 Å². The van der Waals surface area contributed by atoms with Crippen molar-refractivity contribution in [3.8, 4) is 6.07 Å². The van der Waals surface area contributed by atoms with Gasteiger partial charge in [0.15, 0.2) is 11.5 Å². The van der Waals surface area contributed by atoms with Gasteiger partial charge in [0.2, 0.25) is 0 Å². The lowest BCUT2D eigenvalue weighted by molar-refractivity contribution is 0.395. The molecule has 1 saturated carbocycles. The Balaban J connectivity index is 1.38. The van der Waals surface area contributed by atoms with Gasteiger partial charge in [-0.3, -0.25) is 0 Å². The van der Waals surface area contributed by atoms with Crippen LogP contribution in [0.1, 0.15) is 43.0 Å². The summed E-state index contributed by atoms with van der Waals surface area (Å²) in [5.74, 6) is 3.22. The minimum absolute atomic E-state index is 0.492. The Hall–Kier alpha value is -3.21. The normalized spacial score (nSPS) is 18.0. The number of aromatic nitrogens is 5. The number of pyridine rings is 1. The molecule has 0 N–H and O–H groups in total. The van der Waals surface area contributed by atoms with Gasteiger partial charge in [-0.05, 0) is 43.5 Å². The van der Waals surface area contributed by atoms with E-state index < -0.39 is 0 Å². The van der Waals surface area contributed by atoms with Gasteiger partial charge in [-0.15, -0.1) is 15.3 Å². The van der Waals surface area contributed by atoms with Gasteiger partial charge >= 0.3 is 0 Å². The van der Waals surface area contributed by atoms with Gasteiger partial charge < -0.3 is 9.80 Å². The van der Waals surface area contributed by atoms with Crippen LogP contribution >= 0.6 is 0 Å². The zero-order chi connectivity index (χ0) is 18.9. The van der Waals surface area contributed by atoms with Gasteiger partial charge in [0.1, 0.15) is 17.7 Å². The van der Waals surface area contributed by atoms with Crippen LogP contribution in [0.4, 0.5) is 11.6 Å². The van der Waals surface area contributed by atoms with Crippen LogP contribution in [0, 0.1) is 11.3 Å². The minimum Gasteiger partial charge on any atom is -0.354 e. The maximum atomic E-state index is 9.37. The number of anilines is 2. The first-order valence-corrected chi connectivity index (χ1v) is 9.91. The van der Waals surface area contributed by atoms with E-state index in [1.54, 1.807) is 6.20 Å². The molecule has 28 heavy (non-hydrogen) atoms. The van der Waals surface area contributed by atoms with E-state index in [4.69, 9.17) is 5.10 Å². The minimum atomic E-state index is 0.492. The van der Waals surface area contributed by atoms with Gasteiger partial charge in [0.25, 0.3) is 0 Å². The second kappa shape index (κ2) is 7.08. The SMILES string of the molecule is N#Cc1cccnc1N1CCCN(c2ccc3nnc(C4CCC4)n3n2)CC1. The number of fused-ring (bicyclic) bond motifs is 1. The van der Waals surface area contributed by atoms with Crippen LogP contribution < -0.4 is 9.80 Å². The third-order valence-electron chi connectivity index (χ3n) is 5.77. The van der Waals surface area contributed by atoms with E-state index in [1.165, 1.54) is 19.3 Å². The third-order valence-corrected chi connectivity index (χ3v) is 5.77. The van der Waals surface area contributed by atoms with Crippen molar-refractivity contribution in [1.29, 1.82) is 5.26 Å². The Morgan fingerprint density at radius 1 is 0.964 bits per heavy atom. The number of hydrogen-bond acceptors (Lipinski definition) is 7. The largest absolute Gasteiger partial charge is 0.354 e. The molecule has 0 unspecified atom stereocenters. The fraction of sp³-hybridized carbons (Fsp3) is 0.450. The Kier molecular flexibility index (Phi) is 4.28. The predicted octanol–water partition coefficient (Wildman–Crippen LogP) is 2.38. The second-order valence-electron chi connectivity index (χ2n) is 7.46. The maximum Gasteiger partial charge on any atom is 0.178 e. The summed E-state index contributed by atoms with van der Waals surface area (Å²) in [6.07, 6.45) is 6.36. The van der Waals surface area contributed by atoms with E-state index in [-0.39, 0.29) is 0 Å². The molecule has 1 saturated heterocycles. The van der Waals surface area contributed by atoms with Crippen LogP contribution in [0.3, 0.4) is 0 Å². The Morgan fingerprint density at radius 3 is 2.64 bits per heavy atom. The van der Waals surface area contributed by atoms with Crippen LogP contribution in [-0.4, -0.2) is 51.0 Å². The first kappa shape index (κ1) is 16.9. The molecule has 3 aromatic rings. The van der Waals surface area contributed by atoms with Crippen molar-refractivity contribution in [2.45, 2.75) is 31.6 Å². The van der Waals surface area contributed by atoms with Gasteiger partial charge in [-0.1, -0.05) is 6.42 Å².